The fraction of sp³-hybridized carbons (Fsp3) is 0.583. The highest BCUT2D eigenvalue weighted by atomic mass is 32.2. The number of aromatic nitrogens is 2. The molecule has 0 aliphatic carbocycles. The zero-order valence-electron chi connectivity index (χ0n) is 12.4. The quantitative estimate of drug-likeness (QED) is 0.565. The Morgan fingerprint density at radius 2 is 2.00 bits per heavy atom. The van der Waals surface area contributed by atoms with Gasteiger partial charge in [-0.25, -0.2) is 18.4 Å². The summed E-state index contributed by atoms with van der Waals surface area (Å²) in [7, 11) is -1.40. The van der Waals surface area contributed by atoms with Gasteiger partial charge in [-0.15, -0.1) is 0 Å². The van der Waals surface area contributed by atoms with Gasteiger partial charge in [0, 0.05) is 19.2 Å². The molecule has 1 aromatic heterocycles. The molecule has 1 saturated heterocycles. The van der Waals surface area contributed by atoms with Crippen molar-refractivity contribution in [2.45, 2.75) is 29.8 Å². The highest BCUT2D eigenvalue weighted by Gasteiger charge is 2.34. The first kappa shape index (κ1) is 16.8. The van der Waals surface area contributed by atoms with Crippen molar-refractivity contribution in [1.82, 2.24) is 14.9 Å². The van der Waals surface area contributed by atoms with E-state index in [1.165, 1.54) is 11.0 Å². The third-order valence-corrected chi connectivity index (χ3v) is 6.18. The van der Waals surface area contributed by atoms with Gasteiger partial charge in [0.25, 0.3) is 0 Å². The van der Waals surface area contributed by atoms with Crippen molar-refractivity contribution in [2.24, 2.45) is 0 Å². The van der Waals surface area contributed by atoms with E-state index >= 15 is 0 Å². The fourth-order valence-electron chi connectivity index (χ4n) is 2.27. The van der Waals surface area contributed by atoms with Crippen molar-refractivity contribution < 1.29 is 13.2 Å². The van der Waals surface area contributed by atoms with E-state index < -0.39 is 15.1 Å². The molecule has 122 valence electrons. The summed E-state index contributed by atoms with van der Waals surface area (Å²) in [6.07, 6.45) is 0.476. The molecule has 0 radical (unpaired) electrons. The molecule has 0 aromatic carbocycles. The van der Waals surface area contributed by atoms with Crippen LogP contribution in [0, 0.1) is 0 Å². The van der Waals surface area contributed by atoms with Gasteiger partial charge in [0.1, 0.15) is 11.6 Å². The molecule has 0 bridgehead atoms. The summed E-state index contributed by atoms with van der Waals surface area (Å²) in [5.74, 6) is 0.464. The zero-order chi connectivity index (χ0) is 16.5. The fourth-order valence-corrected chi connectivity index (χ4v) is 4.94. The van der Waals surface area contributed by atoms with Crippen LogP contribution < -0.4 is 11.5 Å². The van der Waals surface area contributed by atoms with E-state index in [2.05, 4.69) is 9.97 Å². The summed E-state index contributed by atoms with van der Waals surface area (Å²) in [6, 6.07) is 1.17. The summed E-state index contributed by atoms with van der Waals surface area (Å²) < 4.78 is 23.0. The molecule has 22 heavy (non-hydrogen) atoms. The number of amides is 1. The Balaban J connectivity index is 2.02. The number of hydrogen-bond acceptors (Lipinski definition) is 8. The number of rotatable bonds is 4. The Hall–Kier alpha value is -1.55. The third-order valence-electron chi connectivity index (χ3n) is 3.48. The van der Waals surface area contributed by atoms with Gasteiger partial charge in [-0.1, -0.05) is 11.8 Å². The first-order valence-corrected chi connectivity index (χ1v) is 9.42. The number of nitrogens with two attached hydrogens (primary N) is 2. The van der Waals surface area contributed by atoms with E-state index in [0.29, 0.717) is 11.6 Å². The number of nitrogen functional groups attached to an aromatic ring is 2. The van der Waals surface area contributed by atoms with Gasteiger partial charge in [-0.05, 0) is 13.3 Å². The number of anilines is 2. The molecule has 2 rings (SSSR count). The highest BCUT2D eigenvalue weighted by Crippen LogP contribution is 2.25. The van der Waals surface area contributed by atoms with Gasteiger partial charge < -0.3 is 16.4 Å². The monoisotopic (exact) mass is 345 g/mol. The maximum Gasteiger partial charge on any atom is 0.235 e. The van der Waals surface area contributed by atoms with Gasteiger partial charge in [0.2, 0.25) is 5.91 Å². The molecular formula is C12H19N5O3S2. The van der Waals surface area contributed by atoms with Crippen LogP contribution in [0.1, 0.15) is 13.3 Å². The molecule has 1 aliphatic heterocycles. The van der Waals surface area contributed by atoms with Crippen LogP contribution in [-0.4, -0.2) is 59.0 Å². The van der Waals surface area contributed by atoms with Gasteiger partial charge in [-0.2, -0.15) is 0 Å². The molecule has 8 nitrogen and oxygen atoms in total. The van der Waals surface area contributed by atoms with Crippen molar-refractivity contribution in [3.05, 3.63) is 6.07 Å². The maximum absolute atomic E-state index is 12.4. The number of nitrogens with zero attached hydrogens (tertiary/aromatic N) is 3. The van der Waals surface area contributed by atoms with Crippen molar-refractivity contribution in [3.63, 3.8) is 0 Å². The summed E-state index contributed by atoms with van der Waals surface area (Å²) in [5.41, 5.74) is 11.2. The predicted molar refractivity (Wildman–Crippen MR) is 86.0 cm³/mol. The van der Waals surface area contributed by atoms with Crippen molar-refractivity contribution in [2.75, 3.05) is 30.0 Å². The Morgan fingerprint density at radius 3 is 2.50 bits per heavy atom. The standard InChI is InChI=1S/C12H19N5O3S2/c1-7(21-12-15-9(13)5-10(14)16-12)11(18)17(2)8-3-4-22(19,20)6-8/h5,7-8H,3-4,6H2,1-2H3,(H4,13,14,15,16)/t7-,8-/m1/s1. The van der Waals surface area contributed by atoms with Crippen LogP contribution in [0.2, 0.25) is 0 Å². The second-order valence-corrected chi connectivity index (χ2v) is 8.80. The van der Waals surface area contributed by atoms with E-state index in [1.54, 1.807) is 14.0 Å². The van der Waals surface area contributed by atoms with E-state index in [9.17, 15) is 13.2 Å². The Labute approximate surface area is 133 Å². The third kappa shape index (κ3) is 4.01. The van der Waals surface area contributed by atoms with Gasteiger partial charge in [0.15, 0.2) is 15.0 Å². The summed E-state index contributed by atoms with van der Waals surface area (Å²) in [5, 5.41) is -0.139. The van der Waals surface area contributed by atoms with Crippen LogP contribution in [0.5, 0.6) is 0 Å². The second-order valence-electron chi connectivity index (χ2n) is 5.27. The topological polar surface area (TPSA) is 132 Å². The van der Waals surface area contributed by atoms with E-state index in [-0.39, 0.29) is 35.1 Å². The zero-order valence-corrected chi connectivity index (χ0v) is 14.0. The van der Waals surface area contributed by atoms with Crippen LogP contribution in [-0.2, 0) is 14.6 Å². The van der Waals surface area contributed by atoms with Gasteiger partial charge in [0.05, 0.1) is 16.8 Å². The average Bonchev–Trinajstić information content (AvgIpc) is 2.76. The summed E-state index contributed by atoms with van der Waals surface area (Å²) >= 11 is 1.14. The minimum atomic E-state index is -3.03. The Morgan fingerprint density at radius 1 is 1.41 bits per heavy atom. The lowest BCUT2D eigenvalue weighted by atomic mass is 10.2. The first-order chi connectivity index (χ1) is 10.2. The summed E-state index contributed by atoms with van der Waals surface area (Å²) in [6.45, 7) is 1.72. The number of thioether (sulfide) groups is 1. The van der Waals surface area contributed by atoms with E-state index in [0.717, 1.165) is 11.8 Å². The first-order valence-electron chi connectivity index (χ1n) is 6.72. The van der Waals surface area contributed by atoms with Gasteiger partial charge in [-0.3, -0.25) is 4.79 Å². The molecule has 1 amide bonds. The van der Waals surface area contributed by atoms with Crippen molar-refractivity contribution in [1.29, 1.82) is 0 Å². The number of carbonyl (C=O) groups excluding carboxylic acids is 1. The van der Waals surface area contributed by atoms with Crippen LogP contribution in [0.15, 0.2) is 11.2 Å². The van der Waals surface area contributed by atoms with E-state index in [1.807, 2.05) is 0 Å². The van der Waals surface area contributed by atoms with Crippen molar-refractivity contribution in [3.8, 4) is 0 Å². The summed E-state index contributed by atoms with van der Waals surface area (Å²) in [4.78, 5) is 21.9. The van der Waals surface area contributed by atoms with Crippen LogP contribution >= 0.6 is 11.8 Å². The minimum Gasteiger partial charge on any atom is -0.383 e. The number of sulfone groups is 1. The Bertz CT molecular complexity index is 659. The van der Waals surface area contributed by atoms with Crippen LogP contribution in [0.3, 0.4) is 0 Å². The molecule has 1 aliphatic rings. The number of hydrogen-bond donors (Lipinski definition) is 2. The lowest BCUT2D eigenvalue weighted by Gasteiger charge is -2.26. The molecule has 2 atom stereocenters. The average molecular weight is 345 g/mol. The minimum absolute atomic E-state index is 0.0222. The normalized spacial score (nSPS) is 21.5. The molecule has 1 aromatic rings. The molecule has 0 saturated carbocycles. The molecule has 0 spiro atoms. The van der Waals surface area contributed by atoms with Crippen LogP contribution in [0.25, 0.3) is 0 Å². The lowest BCUT2D eigenvalue weighted by molar-refractivity contribution is -0.130. The lowest BCUT2D eigenvalue weighted by Crippen LogP contribution is -2.41. The molecule has 10 heteroatoms. The molecule has 1 fully saturated rings. The van der Waals surface area contributed by atoms with E-state index in [4.69, 9.17) is 11.5 Å². The SMILES string of the molecule is C[C@@H](Sc1nc(N)cc(N)n1)C(=O)N(C)[C@@H]1CCS(=O)(=O)C1. The highest BCUT2D eigenvalue weighted by molar-refractivity contribution is 8.00. The second kappa shape index (κ2) is 6.29. The van der Waals surface area contributed by atoms with Crippen molar-refractivity contribution >= 4 is 39.1 Å². The molecule has 2 heterocycles. The van der Waals surface area contributed by atoms with Gasteiger partial charge >= 0.3 is 0 Å². The smallest absolute Gasteiger partial charge is 0.235 e. The maximum atomic E-state index is 12.4. The largest absolute Gasteiger partial charge is 0.383 e. The molecule has 0 unspecified atom stereocenters. The molecular weight excluding hydrogens is 326 g/mol. The Kier molecular flexibility index (Phi) is 4.81. The molecule has 4 N–H and O–H groups in total. The predicted octanol–water partition coefficient (Wildman–Crippen LogP) is -0.233. The number of carbonyl (C=O) groups is 1. The van der Waals surface area contributed by atoms with Crippen LogP contribution in [0.4, 0.5) is 11.6 Å².